The highest BCUT2D eigenvalue weighted by Crippen LogP contribution is 2.12. The fraction of sp³-hybridized carbons (Fsp3) is 0.278. The number of pyridine rings is 2. The molecule has 0 aliphatic heterocycles. The van der Waals surface area contributed by atoms with Gasteiger partial charge in [-0.05, 0) is 55.6 Å². The van der Waals surface area contributed by atoms with Gasteiger partial charge in [0.2, 0.25) is 0 Å². The molecular formula is C18H20N6OS. The van der Waals surface area contributed by atoms with Crippen LogP contribution in [0.15, 0.2) is 42.7 Å². The molecule has 0 unspecified atom stereocenters. The Balaban J connectivity index is 1.42. The first-order valence-electron chi connectivity index (χ1n) is 8.38. The first kappa shape index (κ1) is 17.9. The van der Waals surface area contributed by atoms with Crippen LogP contribution in [0.25, 0.3) is 0 Å². The third-order valence-corrected chi connectivity index (χ3v) is 4.65. The number of hydrogen-bond acceptors (Lipinski definition) is 7. The molecule has 0 saturated carbocycles. The smallest absolute Gasteiger partial charge is 0.252 e. The highest BCUT2D eigenvalue weighted by molar-refractivity contribution is 7.05. The summed E-state index contributed by atoms with van der Waals surface area (Å²) in [7, 11) is 0. The summed E-state index contributed by atoms with van der Waals surface area (Å²) in [5, 5.41) is 10.1. The summed E-state index contributed by atoms with van der Waals surface area (Å²) >= 11 is 1.37. The average molecular weight is 368 g/mol. The molecule has 0 fully saturated rings. The second-order valence-corrected chi connectivity index (χ2v) is 6.59. The summed E-state index contributed by atoms with van der Waals surface area (Å²) in [4.78, 5) is 21.8. The van der Waals surface area contributed by atoms with E-state index in [1.807, 2.05) is 25.1 Å². The molecule has 0 aromatic carbocycles. The number of anilines is 1. The molecule has 3 heterocycles. The van der Waals surface area contributed by atoms with Gasteiger partial charge in [-0.2, -0.15) is 0 Å². The lowest BCUT2D eigenvalue weighted by Crippen LogP contribution is -2.25. The van der Waals surface area contributed by atoms with Crippen molar-refractivity contribution in [2.45, 2.75) is 26.3 Å². The Labute approximate surface area is 156 Å². The predicted molar refractivity (Wildman–Crippen MR) is 101 cm³/mol. The highest BCUT2D eigenvalue weighted by atomic mass is 32.1. The largest absolute Gasteiger partial charge is 0.365 e. The van der Waals surface area contributed by atoms with Crippen molar-refractivity contribution in [1.82, 2.24) is 24.9 Å². The fourth-order valence-electron chi connectivity index (χ4n) is 2.34. The van der Waals surface area contributed by atoms with Crippen LogP contribution in [0.5, 0.6) is 0 Å². The van der Waals surface area contributed by atoms with Gasteiger partial charge in [0.15, 0.2) is 0 Å². The molecule has 26 heavy (non-hydrogen) atoms. The van der Waals surface area contributed by atoms with Crippen LogP contribution in [-0.4, -0.2) is 32.0 Å². The highest BCUT2D eigenvalue weighted by Gasteiger charge is 2.07. The van der Waals surface area contributed by atoms with Crippen LogP contribution in [0.4, 0.5) is 5.82 Å². The minimum absolute atomic E-state index is 0.118. The van der Waals surface area contributed by atoms with Gasteiger partial charge >= 0.3 is 0 Å². The second kappa shape index (κ2) is 9.00. The molecule has 0 aliphatic rings. The van der Waals surface area contributed by atoms with E-state index in [1.54, 1.807) is 24.5 Å². The number of carbonyl (C=O) groups excluding carboxylic acids is 1. The SMILES string of the molecule is Cc1nnsc1CNc1ccc(C(=O)NCCCc2ccccn2)cn1. The monoisotopic (exact) mass is 368 g/mol. The zero-order valence-electron chi connectivity index (χ0n) is 14.5. The first-order valence-corrected chi connectivity index (χ1v) is 9.15. The number of carbonyl (C=O) groups is 1. The van der Waals surface area contributed by atoms with Gasteiger partial charge in [-0.1, -0.05) is 10.6 Å². The molecule has 3 aromatic rings. The van der Waals surface area contributed by atoms with Gasteiger partial charge in [0, 0.05) is 24.6 Å². The van der Waals surface area contributed by atoms with Gasteiger partial charge < -0.3 is 10.6 Å². The summed E-state index contributed by atoms with van der Waals surface area (Å²) in [5.41, 5.74) is 2.50. The summed E-state index contributed by atoms with van der Waals surface area (Å²) in [6.07, 6.45) is 5.04. The minimum atomic E-state index is -0.118. The molecule has 134 valence electrons. The Kier molecular flexibility index (Phi) is 6.21. The van der Waals surface area contributed by atoms with Crippen molar-refractivity contribution in [2.75, 3.05) is 11.9 Å². The van der Waals surface area contributed by atoms with E-state index in [4.69, 9.17) is 0 Å². The lowest BCUT2D eigenvalue weighted by Gasteiger charge is -2.07. The second-order valence-electron chi connectivity index (χ2n) is 5.75. The summed E-state index contributed by atoms with van der Waals surface area (Å²) in [6, 6.07) is 9.41. The summed E-state index contributed by atoms with van der Waals surface area (Å²) in [5.74, 6) is 0.595. The molecule has 0 radical (unpaired) electrons. The standard InChI is InChI=1S/C18H20N6OS/c1-13-16(26-24-23-13)12-22-17-8-7-14(11-21-17)18(25)20-10-4-6-15-5-2-3-9-19-15/h2-3,5,7-9,11H,4,6,10,12H2,1H3,(H,20,25)(H,21,22). The van der Waals surface area contributed by atoms with Gasteiger partial charge in [-0.25, -0.2) is 4.98 Å². The number of rotatable bonds is 8. The van der Waals surface area contributed by atoms with Crippen molar-refractivity contribution in [2.24, 2.45) is 0 Å². The Hall–Kier alpha value is -2.87. The molecule has 8 heteroatoms. The van der Waals surface area contributed by atoms with E-state index >= 15 is 0 Å². The minimum Gasteiger partial charge on any atom is -0.365 e. The van der Waals surface area contributed by atoms with E-state index in [9.17, 15) is 4.79 Å². The van der Waals surface area contributed by atoms with Gasteiger partial charge in [0.25, 0.3) is 5.91 Å². The quantitative estimate of drug-likeness (QED) is 0.594. The van der Waals surface area contributed by atoms with Crippen molar-refractivity contribution in [1.29, 1.82) is 0 Å². The number of aryl methyl sites for hydroxylation is 2. The Morgan fingerprint density at radius 2 is 2.12 bits per heavy atom. The topological polar surface area (TPSA) is 92.7 Å². The average Bonchev–Trinajstić information content (AvgIpc) is 3.09. The lowest BCUT2D eigenvalue weighted by atomic mass is 10.2. The van der Waals surface area contributed by atoms with Crippen molar-refractivity contribution in [3.8, 4) is 0 Å². The molecule has 3 aromatic heterocycles. The number of nitrogens with zero attached hydrogens (tertiary/aromatic N) is 4. The van der Waals surface area contributed by atoms with Gasteiger partial charge in [-0.15, -0.1) is 5.10 Å². The van der Waals surface area contributed by atoms with Crippen LogP contribution < -0.4 is 10.6 Å². The maximum atomic E-state index is 12.2. The zero-order chi connectivity index (χ0) is 18.2. The summed E-state index contributed by atoms with van der Waals surface area (Å²) in [6.45, 7) is 3.15. The number of hydrogen-bond donors (Lipinski definition) is 2. The van der Waals surface area contributed by atoms with Crippen LogP contribution in [0.2, 0.25) is 0 Å². The molecule has 3 rings (SSSR count). The van der Waals surface area contributed by atoms with Gasteiger partial charge in [0.05, 0.1) is 22.7 Å². The fourth-order valence-corrected chi connectivity index (χ4v) is 2.91. The van der Waals surface area contributed by atoms with E-state index in [-0.39, 0.29) is 5.91 Å². The van der Waals surface area contributed by atoms with Crippen molar-refractivity contribution in [3.05, 3.63) is 64.6 Å². The van der Waals surface area contributed by atoms with Crippen LogP contribution in [-0.2, 0) is 13.0 Å². The third-order valence-electron chi connectivity index (χ3n) is 3.82. The molecule has 2 N–H and O–H groups in total. The van der Waals surface area contributed by atoms with Crippen LogP contribution >= 0.6 is 11.5 Å². The molecule has 0 bridgehead atoms. The van der Waals surface area contributed by atoms with E-state index < -0.39 is 0 Å². The number of nitrogens with one attached hydrogen (secondary N) is 2. The van der Waals surface area contributed by atoms with Gasteiger partial charge in [-0.3, -0.25) is 9.78 Å². The van der Waals surface area contributed by atoms with E-state index in [0.717, 1.165) is 29.1 Å². The van der Waals surface area contributed by atoms with Crippen molar-refractivity contribution < 1.29 is 4.79 Å². The first-order chi connectivity index (χ1) is 12.7. The van der Waals surface area contributed by atoms with Crippen molar-refractivity contribution in [3.63, 3.8) is 0 Å². The molecule has 0 atom stereocenters. The molecule has 0 spiro atoms. The Bertz CT molecular complexity index is 834. The maximum absolute atomic E-state index is 12.2. The Morgan fingerprint density at radius 1 is 1.19 bits per heavy atom. The maximum Gasteiger partial charge on any atom is 0.252 e. The lowest BCUT2D eigenvalue weighted by molar-refractivity contribution is 0.0953. The zero-order valence-corrected chi connectivity index (χ0v) is 15.3. The van der Waals surface area contributed by atoms with E-state index in [2.05, 4.69) is 30.2 Å². The van der Waals surface area contributed by atoms with Crippen LogP contribution in [0, 0.1) is 6.92 Å². The molecule has 1 amide bonds. The van der Waals surface area contributed by atoms with Gasteiger partial charge in [0.1, 0.15) is 5.82 Å². The van der Waals surface area contributed by atoms with Crippen LogP contribution in [0.3, 0.4) is 0 Å². The predicted octanol–water partition coefficient (Wildman–Crippen LogP) is 2.61. The number of aromatic nitrogens is 4. The normalized spacial score (nSPS) is 10.5. The molecular weight excluding hydrogens is 348 g/mol. The third kappa shape index (κ3) is 5.06. The summed E-state index contributed by atoms with van der Waals surface area (Å²) < 4.78 is 3.90. The molecule has 7 nitrogen and oxygen atoms in total. The van der Waals surface area contributed by atoms with Crippen molar-refractivity contribution >= 4 is 23.3 Å². The van der Waals surface area contributed by atoms with Crippen LogP contribution in [0.1, 0.15) is 33.0 Å². The molecule has 0 aliphatic carbocycles. The van der Waals surface area contributed by atoms with E-state index in [0.29, 0.717) is 24.5 Å². The Morgan fingerprint density at radius 3 is 2.81 bits per heavy atom. The number of amides is 1. The molecule has 0 saturated heterocycles. The van der Waals surface area contributed by atoms with E-state index in [1.165, 1.54) is 11.5 Å².